The van der Waals surface area contributed by atoms with Crippen LogP contribution < -0.4 is 5.32 Å². The van der Waals surface area contributed by atoms with Gasteiger partial charge in [0.15, 0.2) is 0 Å². The van der Waals surface area contributed by atoms with Gasteiger partial charge in [-0.15, -0.1) is 0 Å². The molecule has 2 amide bonds. The summed E-state index contributed by atoms with van der Waals surface area (Å²) in [6, 6.07) is 17.0. The van der Waals surface area contributed by atoms with Gasteiger partial charge in [-0.1, -0.05) is 42.8 Å². The molecule has 188 valence electrons. The van der Waals surface area contributed by atoms with Gasteiger partial charge in [0.05, 0.1) is 24.4 Å². The zero-order chi connectivity index (χ0) is 26.1. The second kappa shape index (κ2) is 12.9. The number of aromatic nitrogens is 2. The SMILES string of the molecule is CC(=O)N(Cc1ccc(Cl)cc1)C(C)C(C)CCNC(=O)Cc1cncn1Cc1ccc(C#N)cc1. The normalized spacial score (nSPS) is 12.4. The average Bonchev–Trinajstić information content (AvgIpc) is 3.29. The van der Waals surface area contributed by atoms with Crippen molar-refractivity contribution in [3.05, 3.63) is 88.5 Å². The van der Waals surface area contributed by atoms with E-state index in [0.717, 1.165) is 23.2 Å². The third-order valence-electron chi connectivity index (χ3n) is 6.48. The van der Waals surface area contributed by atoms with E-state index in [1.54, 1.807) is 31.6 Å². The molecule has 0 fully saturated rings. The fourth-order valence-electron chi connectivity index (χ4n) is 4.06. The molecule has 0 aliphatic heterocycles. The van der Waals surface area contributed by atoms with E-state index in [4.69, 9.17) is 16.9 Å². The van der Waals surface area contributed by atoms with Gasteiger partial charge in [0.2, 0.25) is 11.8 Å². The van der Waals surface area contributed by atoms with Crippen molar-refractivity contribution in [3.8, 4) is 6.07 Å². The summed E-state index contributed by atoms with van der Waals surface area (Å²) in [5, 5.41) is 12.6. The van der Waals surface area contributed by atoms with Gasteiger partial charge >= 0.3 is 0 Å². The highest BCUT2D eigenvalue weighted by Gasteiger charge is 2.22. The molecule has 36 heavy (non-hydrogen) atoms. The number of amides is 2. The maximum absolute atomic E-state index is 12.6. The van der Waals surface area contributed by atoms with Gasteiger partial charge in [-0.3, -0.25) is 9.59 Å². The van der Waals surface area contributed by atoms with E-state index in [1.807, 2.05) is 52.8 Å². The second-order valence-corrected chi connectivity index (χ2v) is 9.56. The largest absolute Gasteiger partial charge is 0.356 e. The van der Waals surface area contributed by atoms with Crippen molar-refractivity contribution in [3.63, 3.8) is 0 Å². The maximum Gasteiger partial charge on any atom is 0.225 e. The van der Waals surface area contributed by atoms with Crippen LogP contribution >= 0.6 is 11.6 Å². The van der Waals surface area contributed by atoms with Gasteiger partial charge in [0.1, 0.15) is 0 Å². The number of nitrogens with zero attached hydrogens (tertiary/aromatic N) is 4. The molecule has 0 saturated carbocycles. The molecule has 8 heteroatoms. The first kappa shape index (κ1) is 27.0. The lowest BCUT2D eigenvalue weighted by atomic mass is 9.97. The van der Waals surface area contributed by atoms with Crippen LogP contribution in [0.25, 0.3) is 0 Å². The Morgan fingerprint density at radius 3 is 2.42 bits per heavy atom. The van der Waals surface area contributed by atoms with Crippen LogP contribution in [0.3, 0.4) is 0 Å². The molecular formula is C28H32ClN5O2. The molecule has 0 spiro atoms. The Balaban J connectivity index is 1.48. The molecule has 2 atom stereocenters. The molecular weight excluding hydrogens is 474 g/mol. The second-order valence-electron chi connectivity index (χ2n) is 9.13. The number of carbonyl (C=O) groups is 2. The van der Waals surface area contributed by atoms with Crippen molar-refractivity contribution < 1.29 is 9.59 Å². The Morgan fingerprint density at radius 2 is 1.78 bits per heavy atom. The number of benzene rings is 2. The van der Waals surface area contributed by atoms with Crippen LogP contribution in [0.1, 0.15) is 49.6 Å². The minimum atomic E-state index is -0.0685. The number of hydrogen-bond acceptors (Lipinski definition) is 4. The van der Waals surface area contributed by atoms with Crippen molar-refractivity contribution in [1.82, 2.24) is 19.8 Å². The van der Waals surface area contributed by atoms with Crippen molar-refractivity contribution in [2.45, 2.75) is 52.7 Å². The lowest BCUT2D eigenvalue weighted by Crippen LogP contribution is -2.41. The zero-order valence-electron chi connectivity index (χ0n) is 20.9. The first-order valence-electron chi connectivity index (χ1n) is 12.0. The Hall–Kier alpha value is -3.63. The number of hydrogen-bond donors (Lipinski definition) is 1. The number of rotatable bonds is 11. The number of nitriles is 1. The molecule has 3 aromatic rings. The fraction of sp³-hybridized carbons (Fsp3) is 0.357. The molecule has 1 heterocycles. The molecule has 0 aliphatic rings. The van der Waals surface area contributed by atoms with Crippen molar-refractivity contribution in [2.24, 2.45) is 5.92 Å². The van der Waals surface area contributed by atoms with Crippen LogP contribution in [0.4, 0.5) is 0 Å². The maximum atomic E-state index is 12.6. The Kier molecular flexibility index (Phi) is 9.66. The van der Waals surface area contributed by atoms with E-state index in [1.165, 1.54) is 0 Å². The van der Waals surface area contributed by atoms with Crippen molar-refractivity contribution in [1.29, 1.82) is 5.26 Å². The van der Waals surface area contributed by atoms with Gasteiger partial charge in [-0.25, -0.2) is 4.98 Å². The van der Waals surface area contributed by atoms with Gasteiger partial charge in [0.25, 0.3) is 0 Å². The van der Waals surface area contributed by atoms with Crippen LogP contribution in [-0.2, 0) is 29.1 Å². The zero-order valence-corrected chi connectivity index (χ0v) is 21.7. The number of halogens is 1. The van der Waals surface area contributed by atoms with Crippen LogP contribution in [-0.4, -0.2) is 38.9 Å². The quantitative estimate of drug-likeness (QED) is 0.413. The third kappa shape index (κ3) is 7.69. The monoisotopic (exact) mass is 505 g/mol. The number of carbonyl (C=O) groups excluding carboxylic acids is 2. The summed E-state index contributed by atoms with van der Waals surface area (Å²) in [6.07, 6.45) is 4.40. The first-order valence-corrected chi connectivity index (χ1v) is 12.4. The highest BCUT2D eigenvalue weighted by Crippen LogP contribution is 2.19. The number of imidazole rings is 1. The van der Waals surface area contributed by atoms with Crippen LogP contribution in [0.15, 0.2) is 61.1 Å². The Labute approximate surface area is 217 Å². The van der Waals surface area contributed by atoms with Crippen molar-refractivity contribution >= 4 is 23.4 Å². The molecule has 0 bridgehead atoms. The third-order valence-corrected chi connectivity index (χ3v) is 6.74. The van der Waals surface area contributed by atoms with Gasteiger partial charge in [0, 0.05) is 49.5 Å². The van der Waals surface area contributed by atoms with E-state index in [2.05, 4.69) is 23.3 Å². The van der Waals surface area contributed by atoms with E-state index in [0.29, 0.717) is 30.2 Å². The van der Waals surface area contributed by atoms with Gasteiger partial charge in [-0.2, -0.15) is 5.26 Å². The molecule has 3 rings (SSSR count). The smallest absolute Gasteiger partial charge is 0.225 e. The lowest BCUT2D eigenvalue weighted by Gasteiger charge is -2.33. The van der Waals surface area contributed by atoms with Crippen LogP contribution in [0.2, 0.25) is 5.02 Å². The summed E-state index contributed by atoms with van der Waals surface area (Å²) >= 11 is 5.98. The van der Waals surface area contributed by atoms with Crippen LogP contribution in [0.5, 0.6) is 0 Å². The summed E-state index contributed by atoms with van der Waals surface area (Å²) in [7, 11) is 0. The summed E-state index contributed by atoms with van der Waals surface area (Å²) < 4.78 is 1.94. The van der Waals surface area contributed by atoms with E-state index in [9.17, 15) is 9.59 Å². The van der Waals surface area contributed by atoms with Gasteiger partial charge < -0.3 is 14.8 Å². The molecule has 0 radical (unpaired) electrons. The minimum Gasteiger partial charge on any atom is -0.356 e. The molecule has 1 N–H and O–H groups in total. The van der Waals surface area contributed by atoms with Crippen LogP contribution in [0, 0.1) is 17.2 Å². The molecule has 2 aromatic carbocycles. The van der Waals surface area contributed by atoms with E-state index in [-0.39, 0.29) is 30.2 Å². The molecule has 0 saturated heterocycles. The average molecular weight is 506 g/mol. The molecule has 7 nitrogen and oxygen atoms in total. The highest BCUT2D eigenvalue weighted by molar-refractivity contribution is 6.30. The molecule has 2 unspecified atom stereocenters. The van der Waals surface area contributed by atoms with Gasteiger partial charge in [-0.05, 0) is 54.7 Å². The fourth-order valence-corrected chi connectivity index (χ4v) is 4.19. The van der Waals surface area contributed by atoms with Crippen molar-refractivity contribution in [2.75, 3.05) is 6.54 Å². The van der Waals surface area contributed by atoms with E-state index < -0.39 is 0 Å². The summed E-state index contributed by atoms with van der Waals surface area (Å²) in [5.74, 6) is 0.147. The lowest BCUT2D eigenvalue weighted by molar-refractivity contribution is -0.132. The standard InChI is InChI=1S/C28H32ClN5O2/c1-20(21(2)34(22(3)35)18-25-8-10-26(29)11-9-25)12-13-32-28(36)14-27-16-31-19-33(27)17-24-6-4-23(15-30)5-7-24/h4-11,16,19-21H,12-14,17-18H2,1-3H3,(H,32,36). The topological polar surface area (TPSA) is 91.0 Å². The highest BCUT2D eigenvalue weighted by atomic mass is 35.5. The predicted octanol–water partition coefficient (Wildman–Crippen LogP) is 4.58. The van der Waals surface area contributed by atoms with E-state index >= 15 is 0 Å². The molecule has 1 aromatic heterocycles. The Morgan fingerprint density at radius 1 is 1.11 bits per heavy atom. The summed E-state index contributed by atoms with van der Waals surface area (Å²) in [4.78, 5) is 31.0. The number of nitrogens with one attached hydrogen (secondary N) is 1. The molecule has 0 aliphatic carbocycles. The summed E-state index contributed by atoms with van der Waals surface area (Å²) in [5.41, 5.74) is 3.50. The minimum absolute atomic E-state index is 0.0175. The predicted molar refractivity (Wildman–Crippen MR) is 140 cm³/mol. The Bertz CT molecular complexity index is 1200. The summed E-state index contributed by atoms with van der Waals surface area (Å²) in [6.45, 7) is 7.36. The first-order chi connectivity index (χ1) is 17.3.